The number of alkyl halides is 3. The van der Waals surface area contributed by atoms with Crippen molar-refractivity contribution in [1.82, 2.24) is 20.2 Å². The molecule has 2 heterocycles. The van der Waals surface area contributed by atoms with Crippen LogP contribution in [0.2, 0.25) is 5.02 Å². The molecule has 0 atom stereocenters. The number of pyridine rings is 1. The van der Waals surface area contributed by atoms with Crippen molar-refractivity contribution in [3.63, 3.8) is 0 Å². The standard InChI is InChI=1S/C24H15ClF3N5O/c25-16-6-9-19-20(13-16)29-11-10-21(19)34-18-7-4-14(5-8-18)22-31-23(33-32-22)30-17-3-1-2-15(12-17)24(26,27)28/h1-13H,(H2,30,31,32,33). The maximum atomic E-state index is 12.9. The molecule has 0 saturated carbocycles. The highest BCUT2D eigenvalue weighted by molar-refractivity contribution is 6.31. The van der Waals surface area contributed by atoms with Crippen LogP contribution < -0.4 is 10.1 Å². The van der Waals surface area contributed by atoms with Crippen LogP contribution in [-0.2, 0) is 6.18 Å². The number of nitrogens with zero attached hydrogens (tertiary/aromatic N) is 3. The van der Waals surface area contributed by atoms with Crippen molar-refractivity contribution in [2.24, 2.45) is 0 Å². The fraction of sp³-hybridized carbons (Fsp3) is 0.0417. The molecule has 170 valence electrons. The molecular weight excluding hydrogens is 467 g/mol. The van der Waals surface area contributed by atoms with Crippen LogP contribution in [0.3, 0.4) is 0 Å². The Morgan fingerprint density at radius 3 is 2.56 bits per heavy atom. The van der Waals surface area contributed by atoms with Crippen LogP contribution in [0.5, 0.6) is 11.5 Å². The molecule has 0 fully saturated rings. The largest absolute Gasteiger partial charge is 0.457 e. The third kappa shape index (κ3) is 4.65. The quantitative estimate of drug-likeness (QED) is 0.277. The smallest absolute Gasteiger partial charge is 0.416 e. The lowest BCUT2D eigenvalue weighted by molar-refractivity contribution is -0.137. The monoisotopic (exact) mass is 481 g/mol. The Morgan fingerprint density at radius 2 is 1.76 bits per heavy atom. The van der Waals surface area contributed by atoms with Gasteiger partial charge >= 0.3 is 6.18 Å². The molecule has 34 heavy (non-hydrogen) atoms. The molecule has 5 rings (SSSR count). The van der Waals surface area contributed by atoms with E-state index in [4.69, 9.17) is 16.3 Å². The molecule has 0 radical (unpaired) electrons. The number of anilines is 2. The Kier molecular flexibility index (Phi) is 5.54. The molecular formula is C24H15ClF3N5O. The molecule has 2 aromatic heterocycles. The Balaban J connectivity index is 1.31. The van der Waals surface area contributed by atoms with Gasteiger partial charge in [0, 0.05) is 27.9 Å². The summed E-state index contributed by atoms with van der Waals surface area (Å²) in [5.41, 5.74) is 0.927. The first kappa shape index (κ1) is 21.7. The maximum Gasteiger partial charge on any atom is 0.416 e. The van der Waals surface area contributed by atoms with Gasteiger partial charge in [-0.15, -0.1) is 5.10 Å². The van der Waals surface area contributed by atoms with Crippen molar-refractivity contribution >= 4 is 34.1 Å². The van der Waals surface area contributed by atoms with Crippen LogP contribution in [-0.4, -0.2) is 20.2 Å². The normalized spacial score (nSPS) is 11.5. The van der Waals surface area contributed by atoms with Gasteiger partial charge in [0.1, 0.15) is 11.5 Å². The first-order chi connectivity index (χ1) is 16.3. The van der Waals surface area contributed by atoms with E-state index in [1.807, 2.05) is 6.07 Å². The summed E-state index contributed by atoms with van der Waals surface area (Å²) in [4.78, 5) is 8.61. The van der Waals surface area contributed by atoms with E-state index in [0.29, 0.717) is 22.3 Å². The number of fused-ring (bicyclic) bond motifs is 1. The summed E-state index contributed by atoms with van der Waals surface area (Å²) >= 11 is 6.03. The fourth-order valence-corrected chi connectivity index (χ4v) is 3.51. The highest BCUT2D eigenvalue weighted by Crippen LogP contribution is 2.32. The molecule has 5 aromatic rings. The zero-order valence-electron chi connectivity index (χ0n) is 17.3. The molecule has 2 N–H and O–H groups in total. The van der Waals surface area contributed by atoms with Gasteiger partial charge in [-0.1, -0.05) is 17.7 Å². The molecule has 0 aliphatic carbocycles. The number of halogens is 4. The number of H-pyrrole nitrogens is 1. The van der Waals surface area contributed by atoms with Gasteiger partial charge in [-0.3, -0.25) is 10.1 Å². The minimum atomic E-state index is -4.43. The number of hydrogen-bond donors (Lipinski definition) is 2. The molecule has 0 aliphatic rings. The first-order valence-electron chi connectivity index (χ1n) is 10.0. The topological polar surface area (TPSA) is 75.7 Å². The Labute approximate surface area is 196 Å². The molecule has 6 nitrogen and oxygen atoms in total. The molecule has 0 spiro atoms. The van der Waals surface area contributed by atoms with Gasteiger partial charge in [-0.05, 0) is 66.7 Å². The molecule has 0 amide bonds. The number of rotatable bonds is 5. The Bertz CT molecular complexity index is 1470. The Morgan fingerprint density at radius 1 is 0.941 bits per heavy atom. The van der Waals surface area contributed by atoms with Crippen molar-refractivity contribution in [2.75, 3.05) is 5.32 Å². The fourth-order valence-electron chi connectivity index (χ4n) is 3.34. The molecule has 3 aromatic carbocycles. The number of hydrogen-bond acceptors (Lipinski definition) is 5. The van der Waals surface area contributed by atoms with Gasteiger partial charge in [0.25, 0.3) is 0 Å². The predicted octanol–water partition coefficient (Wildman–Crippen LogP) is 7.23. The lowest BCUT2D eigenvalue weighted by Crippen LogP contribution is -2.05. The van der Waals surface area contributed by atoms with Crippen LogP contribution in [0.25, 0.3) is 22.3 Å². The minimum Gasteiger partial charge on any atom is -0.457 e. The van der Waals surface area contributed by atoms with Gasteiger partial charge in [-0.25, -0.2) is 0 Å². The van der Waals surface area contributed by atoms with E-state index in [-0.39, 0.29) is 11.6 Å². The van der Waals surface area contributed by atoms with E-state index in [9.17, 15) is 13.2 Å². The summed E-state index contributed by atoms with van der Waals surface area (Å²) < 4.78 is 44.7. The van der Waals surface area contributed by atoms with Gasteiger partial charge in [0.15, 0.2) is 5.82 Å². The number of ether oxygens (including phenoxy) is 1. The van der Waals surface area contributed by atoms with Gasteiger partial charge in [-0.2, -0.15) is 18.2 Å². The highest BCUT2D eigenvalue weighted by Gasteiger charge is 2.30. The second-order valence-electron chi connectivity index (χ2n) is 7.31. The average Bonchev–Trinajstić information content (AvgIpc) is 3.27. The SMILES string of the molecule is FC(F)(F)c1cccc(Nc2n[nH]c(-c3ccc(Oc4ccnc5cc(Cl)ccc45)cc3)n2)c1. The number of nitrogens with one attached hydrogen (secondary N) is 2. The van der Waals surface area contributed by atoms with Gasteiger partial charge < -0.3 is 10.1 Å². The minimum absolute atomic E-state index is 0.150. The summed E-state index contributed by atoms with van der Waals surface area (Å²) in [6, 6.07) is 19.1. The first-order valence-corrected chi connectivity index (χ1v) is 10.4. The zero-order valence-corrected chi connectivity index (χ0v) is 18.0. The van der Waals surface area contributed by atoms with E-state index >= 15 is 0 Å². The average molecular weight is 482 g/mol. The van der Waals surface area contributed by atoms with Crippen molar-refractivity contribution in [3.05, 3.63) is 89.6 Å². The van der Waals surface area contributed by atoms with Gasteiger partial charge in [0.05, 0.1) is 11.1 Å². The summed E-state index contributed by atoms with van der Waals surface area (Å²) in [5, 5.41) is 11.0. The molecule has 10 heteroatoms. The molecule has 0 bridgehead atoms. The van der Waals surface area contributed by atoms with E-state index in [1.54, 1.807) is 48.7 Å². The van der Waals surface area contributed by atoms with Crippen LogP contribution in [0.1, 0.15) is 5.56 Å². The second kappa shape index (κ2) is 8.68. The lowest BCUT2D eigenvalue weighted by Gasteiger charge is -2.09. The molecule has 0 aliphatic heterocycles. The van der Waals surface area contributed by atoms with E-state index < -0.39 is 11.7 Å². The number of aromatic amines is 1. The predicted molar refractivity (Wildman–Crippen MR) is 123 cm³/mol. The summed E-state index contributed by atoms with van der Waals surface area (Å²) in [6.07, 6.45) is -2.78. The van der Waals surface area contributed by atoms with E-state index in [2.05, 4.69) is 25.5 Å². The van der Waals surface area contributed by atoms with Crippen LogP contribution in [0, 0.1) is 0 Å². The number of aromatic nitrogens is 4. The number of benzene rings is 3. The lowest BCUT2D eigenvalue weighted by atomic mass is 10.2. The Hall–Kier alpha value is -4.11. The van der Waals surface area contributed by atoms with Crippen molar-refractivity contribution in [3.8, 4) is 22.9 Å². The molecule has 0 saturated heterocycles. The second-order valence-corrected chi connectivity index (χ2v) is 7.74. The third-order valence-electron chi connectivity index (χ3n) is 4.95. The van der Waals surface area contributed by atoms with Gasteiger partial charge in [0.2, 0.25) is 5.95 Å². The highest BCUT2D eigenvalue weighted by atomic mass is 35.5. The van der Waals surface area contributed by atoms with E-state index in [0.717, 1.165) is 28.6 Å². The van der Waals surface area contributed by atoms with Crippen molar-refractivity contribution < 1.29 is 17.9 Å². The van der Waals surface area contributed by atoms with Crippen molar-refractivity contribution in [2.45, 2.75) is 6.18 Å². The van der Waals surface area contributed by atoms with Crippen LogP contribution in [0.4, 0.5) is 24.8 Å². The maximum absolute atomic E-state index is 12.9. The van der Waals surface area contributed by atoms with Crippen molar-refractivity contribution in [1.29, 1.82) is 0 Å². The summed E-state index contributed by atoms with van der Waals surface area (Å²) in [5.74, 6) is 1.84. The summed E-state index contributed by atoms with van der Waals surface area (Å²) in [6.45, 7) is 0. The third-order valence-corrected chi connectivity index (χ3v) is 5.19. The summed E-state index contributed by atoms with van der Waals surface area (Å²) in [7, 11) is 0. The van der Waals surface area contributed by atoms with E-state index in [1.165, 1.54) is 12.1 Å². The van der Waals surface area contributed by atoms with Crippen LogP contribution in [0.15, 0.2) is 79.0 Å². The molecule has 0 unspecified atom stereocenters. The van der Waals surface area contributed by atoms with Crippen LogP contribution >= 0.6 is 11.6 Å². The zero-order chi connectivity index (χ0) is 23.7.